The number of benzene rings is 3. The second-order valence-electron chi connectivity index (χ2n) is 7.60. The fraction of sp³-hybridized carbons (Fsp3) is 0.192. The maximum atomic E-state index is 12.9. The lowest BCUT2D eigenvalue weighted by atomic mass is 10.2. The van der Waals surface area contributed by atoms with Crippen molar-refractivity contribution in [3.63, 3.8) is 0 Å². The number of aromatic nitrogens is 3. The first-order chi connectivity index (χ1) is 16.6. The van der Waals surface area contributed by atoms with Crippen molar-refractivity contribution in [3.8, 4) is 28.6 Å². The van der Waals surface area contributed by atoms with Gasteiger partial charge in [-0.1, -0.05) is 42.1 Å². The fourth-order valence-corrected chi connectivity index (χ4v) is 4.36. The summed E-state index contributed by atoms with van der Waals surface area (Å²) in [7, 11) is 5.07. The van der Waals surface area contributed by atoms with Gasteiger partial charge >= 0.3 is 0 Å². The lowest BCUT2D eigenvalue weighted by Crippen LogP contribution is -2.27. The second kappa shape index (κ2) is 10.9. The van der Waals surface area contributed by atoms with Gasteiger partial charge in [-0.15, -0.1) is 10.2 Å². The highest BCUT2D eigenvalue weighted by Gasteiger charge is 2.18. The maximum Gasteiger partial charge on any atom is 0.233 e. The number of carbonyl (C=O) groups excluding carboxylic acids is 1. The first-order valence-electron chi connectivity index (χ1n) is 10.7. The average Bonchev–Trinajstić information content (AvgIpc) is 3.31. The highest BCUT2D eigenvalue weighted by molar-refractivity contribution is 7.99. The Hall–Kier alpha value is -3.78. The minimum atomic E-state index is 0.00132. The van der Waals surface area contributed by atoms with Crippen LogP contribution in [0, 0.1) is 0 Å². The molecule has 1 aromatic heterocycles. The molecule has 0 unspecified atom stereocenters. The topological polar surface area (TPSA) is 69.5 Å². The molecule has 0 aliphatic rings. The molecule has 1 heterocycles. The summed E-state index contributed by atoms with van der Waals surface area (Å²) in [6.07, 6.45) is 0. The fourth-order valence-electron chi connectivity index (χ4n) is 3.47. The molecule has 4 rings (SSSR count). The van der Waals surface area contributed by atoms with E-state index in [0.717, 1.165) is 28.3 Å². The monoisotopic (exact) mass is 474 g/mol. The number of nitrogens with zero attached hydrogens (tertiary/aromatic N) is 4. The summed E-state index contributed by atoms with van der Waals surface area (Å²) in [5.41, 5.74) is 2.85. The van der Waals surface area contributed by atoms with Crippen LogP contribution in [0.1, 0.15) is 5.56 Å². The molecule has 3 aromatic carbocycles. The maximum absolute atomic E-state index is 12.9. The van der Waals surface area contributed by atoms with E-state index >= 15 is 0 Å². The van der Waals surface area contributed by atoms with E-state index in [0.29, 0.717) is 17.5 Å². The molecule has 0 spiro atoms. The Labute approximate surface area is 203 Å². The van der Waals surface area contributed by atoms with Crippen LogP contribution in [0.5, 0.6) is 11.5 Å². The van der Waals surface area contributed by atoms with E-state index in [1.165, 1.54) is 11.8 Å². The smallest absolute Gasteiger partial charge is 0.233 e. The first kappa shape index (κ1) is 23.4. The molecule has 0 radical (unpaired) electrons. The van der Waals surface area contributed by atoms with Crippen LogP contribution in [0.15, 0.2) is 84.0 Å². The number of hydrogen-bond donors (Lipinski definition) is 0. The van der Waals surface area contributed by atoms with Gasteiger partial charge in [-0.3, -0.25) is 9.36 Å². The van der Waals surface area contributed by atoms with Crippen molar-refractivity contribution in [2.75, 3.05) is 27.0 Å². The van der Waals surface area contributed by atoms with Gasteiger partial charge in [0, 0.05) is 24.8 Å². The highest BCUT2D eigenvalue weighted by atomic mass is 32.2. The van der Waals surface area contributed by atoms with Gasteiger partial charge in [0.25, 0.3) is 0 Å². The number of para-hydroxylation sites is 1. The van der Waals surface area contributed by atoms with Crippen molar-refractivity contribution in [3.05, 3.63) is 84.4 Å². The lowest BCUT2D eigenvalue weighted by Gasteiger charge is -2.17. The summed E-state index contributed by atoms with van der Waals surface area (Å²) in [5, 5.41) is 9.50. The van der Waals surface area contributed by atoms with Crippen LogP contribution in [0.25, 0.3) is 17.1 Å². The zero-order valence-corrected chi connectivity index (χ0v) is 20.2. The number of rotatable bonds is 9. The molecule has 8 heteroatoms. The first-order valence-corrected chi connectivity index (χ1v) is 11.7. The van der Waals surface area contributed by atoms with E-state index in [1.807, 2.05) is 83.4 Å². The van der Waals surface area contributed by atoms with Gasteiger partial charge in [0.15, 0.2) is 11.0 Å². The number of ether oxygens (including phenoxy) is 2. The summed E-state index contributed by atoms with van der Waals surface area (Å²) in [6.45, 7) is 0.499. The van der Waals surface area contributed by atoms with E-state index < -0.39 is 0 Å². The molecule has 34 heavy (non-hydrogen) atoms. The molecular weight excluding hydrogens is 448 g/mol. The van der Waals surface area contributed by atoms with Crippen molar-refractivity contribution < 1.29 is 14.3 Å². The van der Waals surface area contributed by atoms with Gasteiger partial charge in [0.05, 0.1) is 20.0 Å². The van der Waals surface area contributed by atoms with Crippen molar-refractivity contribution in [2.45, 2.75) is 11.7 Å². The third-order valence-electron chi connectivity index (χ3n) is 5.30. The minimum Gasteiger partial charge on any atom is -0.497 e. The zero-order valence-electron chi connectivity index (χ0n) is 19.3. The Morgan fingerprint density at radius 1 is 0.912 bits per heavy atom. The number of carbonyl (C=O) groups is 1. The lowest BCUT2D eigenvalue weighted by molar-refractivity contribution is -0.127. The summed E-state index contributed by atoms with van der Waals surface area (Å²) >= 11 is 1.37. The van der Waals surface area contributed by atoms with E-state index in [4.69, 9.17) is 9.47 Å². The quantitative estimate of drug-likeness (QED) is 0.328. The summed E-state index contributed by atoms with van der Waals surface area (Å²) in [4.78, 5) is 14.6. The van der Waals surface area contributed by atoms with Crippen LogP contribution >= 0.6 is 11.8 Å². The number of hydrogen-bond acceptors (Lipinski definition) is 6. The van der Waals surface area contributed by atoms with Crippen molar-refractivity contribution in [1.29, 1.82) is 0 Å². The zero-order chi connectivity index (χ0) is 23.9. The van der Waals surface area contributed by atoms with Crippen molar-refractivity contribution in [1.82, 2.24) is 19.7 Å². The number of methoxy groups -OCH3 is 2. The predicted molar refractivity (Wildman–Crippen MR) is 134 cm³/mol. The van der Waals surface area contributed by atoms with Gasteiger partial charge in [-0.05, 0) is 54.1 Å². The SMILES string of the molecule is COc1ccc(-c2nnc(SCC(=O)N(C)Cc3cccc(OC)c3)n2-c2ccccc2)cc1. The van der Waals surface area contributed by atoms with Crippen LogP contribution in [0.3, 0.4) is 0 Å². The van der Waals surface area contributed by atoms with E-state index in [-0.39, 0.29) is 11.7 Å². The van der Waals surface area contributed by atoms with Crippen LogP contribution in [0.2, 0.25) is 0 Å². The molecule has 0 aliphatic heterocycles. The standard InChI is InChI=1S/C26H26N4O3S/c1-29(17-19-8-7-11-23(16-19)33-3)24(31)18-34-26-28-27-25(20-12-14-22(32-2)15-13-20)30(26)21-9-5-4-6-10-21/h4-16H,17-18H2,1-3H3. The molecule has 0 fully saturated rings. The van der Waals surface area contributed by atoms with E-state index in [9.17, 15) is 4.79 Å². The van der Waals surface area contributed by atoms with Crippen LogP contribution in [0.4, 0.5) is 0 Å². The predicted octanol–water partition coefficient (Wildman–Crippen LogP) is 4.70. The molecule has 0 saturated carbocycles. The van der Waals surface area contributed by atoms with E-state index in [2.05, 4.69) is 10.2 Å². The number of amides is 1. The van der Waals surface area contributed by atoms with Crippen molar-refractivity contribution in [2.24, 2.45) is 0 Å². The Balaban J connectivity index is 1.53. The van der Waals surface area contributed by atoms with E-state index in [1.54, 1.807) is 26.2 Å². The summed E-state index contributed by atoms with van der Waals surface area (Å²) in [5.74, 6) is 2.49. The largest absolute Gasteiger partial charge is 0.497 e. The molecular formula is C26H26N4O3S. The van der Waals surface area contributed by atoms with Gasteiger partial charge in [0.1, 0.15) is 11.5 Å². The Morgan fingerprint density at radius 2 is 1.65 bits per heavy atom. The molecule has 4 aromatic rings. The molecule has 0 atom stereocenters. The Morgan fingerprint density at radius 3 is 2.35 bits per heavy atom. The van der Waals surface area contributed by atoms with Crippen LogP contribution < -0.4 is 9.47 Å². The average molecular weight is 475 g/mol. The molecule has 7 nitrogen and oxygen atoms in total. The third kappa shape index (κ3) is 5.40. The van der Waals surface area contributed by atoms with Gasteiger partial charge in [0.2, 0.25) is 5.91 Å². The van der Waals surface area contributed by atoms with Crippen LogP contribution in [-0.2, 0) is 11.3 Å². The minimum absolute atomic E-state index is 0.00132. The third-order valence-corrected chi connectivity index (χ3v) is 6.21. The molecule has 0 N–H and O–H groups in total. The summed E-state index contributed by atoms with van der Waals surface area (Å²) < 4.78 is 12.5. The molecule has 0 saturated heterocycles. The van der Waals surface area contributed by atoms with Gasteiger partial charge < -0.3 is 14.4 Å². The van der Waals surface area contributed by atoms with Gasteiger partial charge in [-0.2, -0.15) is 0 Å². The molecule has 174 valence electrons. The Bertz CT molecular complexity index is 1240. The number of thioether (sulfide) groups is 1. The highest BCUT2D eigenvalue weighted by Crippen LogP contribution is 2.29. The normalized spacial score (nSPS) is 10.7. The molecule has 0 aliphatic carbocycles. The van der Waals surface area contributed by atoms with Crippen LogP contribution in [-0.4, -0.2) is 52.6 Å². The molecule has 1 amide bonds. The summed E-state index contributed by atoms with van der Waals surface area (Å²) in [6, 6.07) is 25.3. The molecule has 0 bridgehead atoms. The Kier molecular flexibility index (Phi) is 7.49. The van der Waals surface area contributed by atoms with Gasteiger partial charge in [-0.25, -0.2) is 0 Å². The van der Waals surface area contributed by atoms with Crippen molar-refractivity contribution >= 4 is 17.7 Å². The second-order valence-corrected chi connectivity index (χ2v) is 8.54.